The summed E-state index contributed by atoms with van der Waals surface area (Å²) in [5.74, 6) is 2.19. The Labute approximate surface area is 312 Å². The highest BCUT2D eigenvalue weighted by atomic mass is 16.5. The Hall–Kier alpha value is -6.64. The number of furan rings is 1. The van der Waals surface area contributed by atoms with Crippen molar-refractivity contribution in [2.45, 2.75) is 24.9 Å². The Morgan fingerprint density at radius 3 is 1.91 bits per heavy atom. The van der Waals surface area contributed by atoms with E-state index in [-0.39, 0.29) is 12.0 Å². The lowest BCUT2D eigenvalue weighted by Crippen LogP contribution is -2.15. The van der Waals surface area contributed by atoms with Crippen molar-refractivity contribution >= 4 is 60.1 Å². The molecule has 254 valence electrons. The van der Waals surface area contributed by atoms with Crippen molar-refractivity contribution in [2.24, 2.45) is 0 Å². The molecule has 9 aromatic rings. The first-order valence-electron chi connectivity index (χ1n) is 19.1. The molecule has 2 unspecified atom stereocenters. The molecule has 2 heteroatoms. The van der Waals surface area contributed by atoms with Crippen molar-refractivity contribution in [3.05, 3.63) is 181 Å². The maximum absolute atomic E-state index is 6.88. The van der Waals surface area contributed by atoms with Crippen LogP contribution in [0.4, 0.5) is 0 Å². The molecule has 0 amide bonds. The van der Waals surface area contributed by atoms with Gasteiger partial charge in [-0.25, -0.2) is 0 Å². The Balaban J connectivity index is 1.22. The molecule has 0 saturated carbocycles. The zero-order valence-electron chi connectivity index (χ0n) is 29.6. The van der Waals surface area contributed by atoms with E-state index >= 15 is 0 Å². The molecule has 0 fully saturated rings. The van der Waals surface area contributed by atoms with Crippen LogP contribution >= 0.6 is 0 Å². The van der Waals surface area contributed by atoms with E-state index in [1.807, 2.05) is 0 Å². The van der Waals surface area contributed by atoms with Crippen LogP contribution in [0.2, 0.25) is 0 Å². The average molecular weight is 691 g/mol. The van der Waals surface area contributed by atoms with Gasteiger partial charge in [0.2, 0.25) is 0 Å². The summed E-state index contributed by atoms with van der Waals surface area (Å²) < 4.78 is 13.6. The van der Waals surface area contributed by atoms with Gasteiger partial charge < -0.3 is 9.15 Å². The highest BCUT2D eigenvalue weighted by molar-refractivity contribution is 6.26. The quantitative estimate of drug-likeness (QED) is 0.172. The summed E-state index contributed by atoms with van der Waals surface area (Å²) in [6, 6.07) is 49.4. The normalized spacial score (nSPS) is 17.0. The summed E-state index contributed by atoms with van der Waals surface area (Å²) in [5.41, 5.74) is 10.6. The predicted molar refractivity (Wildman–Crippen MR) is 225 cm³/mol. The van der Waals surface area contributed by atoms with Crippen LogP contribution in [-0.4, -0.2) is 6.10 Å². The van der Waals surface area contributed by atoms with Crippen LogP contribution < -0.4 is 4.74 Å². The van der Waals surface area contributed by atoms with Gasteiger partial charge in [0.1, 0.15) is 23.2 Å². The predicted octanol–water partition coefficient (Wildman–Crippen LogP) is 14.0. The fourth-order valence-corrected chi connectivity index (χ4v) is 9.63. The minimum Gasteiger partial charge on any atom is -0.484 e. The Bertz CT molecular complexity index is 3140. The van der Waals surface area contributed by atoms with Crippen LogP contribution in [0.15, 0.2) is 168 Å². The van der Waals surface area contributed by atoms with Gasteiger partial charge in [-0.1, -0.05) is 152 Å². The number of allylic oxidation sites excluding steroid dienone is 3. The van der Waals surface area contributed by atoms with E-state index in [1.54, 1.807) is 0 Å². The second kappa shape index (κ2) is 11.4. The van der Waals surface area contributed by atoms with Crippen LogP contribution in [0, 0.1) is 0 Å². The molecule has 54 heavy (non-hydrogen) atoms. The minimum atomic E-state index is -0.00856. The van der Waals surface area contributed by atoms with Crippen molar-refractivity contribution < 1.29 is 9.15 Å². The molecule has 1 aliphatic heterocycles. The van der Waals surface area contributed by atoms with Crippen molar-refractivity contribution in [1.82, 2.24) is 0 Å². The lowest BCUT2D eigenvalue weighted by atomic mass is 9.82. The number of fused-ring (bicyclic) bond motifs is 11. The number of hydrogen-bond donors (Lipinski definition) is 0. The topological polar surface area (TPSA) is 22.4 Å². The number of hydrogen-bond acceptors (Lipinski definition) is 2. The zero-order valence-corrected chi connectivity index (χ0v) is 29.6. The van der Waals surface area contributed by atoms with Gasteiger partial charge in [-0.05, 0) is 95.5 Å². The number of aryl methyl sites for hydroxylation is 1. The SMILES string of the molecule is C1=CC2Oc3c(cc(-c4ccc5c(-c6cccc7ccccc67)c6ccccc6c(-c6cccc7ccccc67)c5c4)c4oc5c(c34)C=CCC5)C2C=C1. The van der Waals surface area contributed by atoms with E-state index in [1.165, 1.54) is 76.5 Å². The van der Waals surface area contributed by atoms with E-state index in [0.29, 0.717) is 0 Å². The first-order chi connectivity index (χ1) is 26.8. The molecule has 2 heterocycles. The van der Waals surface area contributed by atoms with Gasteiger partial charge in [0, 0.05) is 29.0 Å². The second-order valence-corrected chi connectivity index (χ2v) is 14.9. The van der Waals surface area contributed by atoms with Crippen LogP contribution in [0.5, 0.6) is 5.75 Å². The summed E-state index contributed by atoms with van der Waals surface area (Å²) in [4.78, 5) is 0. The molecule has 2 nitrogen and oxygen atoms in total. The molecule has 2 atom stereocenters. The molecular weight excluding hydrogens is 657 g/mol. The number of benzene rings is 8. The van der Waals surface area contributed by atoms with Crippen molar-refractivity contribution in [2.75, 3.05) is 0 Å². The van der Waals surface area contributed by atoms with Gasteiger partial charge in [0.25, 0.3) is 0 Å². The second-order valence-electron chi connectivity index (χ2n) is 14.9. The van der Waals surface area contributed by atoms with E-state index < -0.39 is 0 Å². The third-order valence-corrected chi connectivity index (χ3v) is 12.0. The van der Waals surface area contributed by atoms with Crippen molar-refractivity contribution in [1.29, 1.82) is 0 Å². The van der Waals surface area contributed by atoms with E-state index in [9.17, 15) is 0 Å². The molecule has 0 saturated heterocycles. The Kier molecular flexibility index (Phi) is 6.32. The fourth-order valence-electron chi connectivity index (χ4n) is 9.63. The standard InChI is InChI=1S/C52H34O2/c1-3-17-34-31(13-1)15-11-23-37(34)48-39-20-5-6-21-40(39)49(38-24-12-16-32-14-2-4-18-35(32)38)44-29-33(27-28-41(44)48)43-30-45-36-19-7-9-25-46(36)53-52(45)50-42-22-8-10-26-47(42)54-51(43)50/h1-9,11-25,27-30,36,46H,10,26H2. The summed E-state index contributed by atoms with van der Waals surface area (Å²) in [6.45, 7) is 0. The van der Waals surface area contributed by atoms with E-state index in [2.05, 4.69) is 170 Å². The first kappa shape index (κ1) is 29.9. The molecule has 0 spiro atoms. The zero-order chi connectivity index (χ0) is 35.3. The maximum Gasteiger partial charge on any atom is 0.146 e. The molecule has 0 bridgehead atoms. The Morgan fingerprint density at radius 2 is 1.17 bits per heavy atom. The average Bonchev–Trinajstić information content (AvgIpc) is 3.81. The molecule has 3 aliphatic rings. The molecule has 0 N–H and O–H groups in total. The molecule has 8 aromatic carbocycles. The number of rotatable bonds is 3. The first-order valence-corrected chi connectivity index (χ1v) is 19.1. The number of ether oxygens (including phenoxy) is 1. The summed E-state index contributed by atoms with van der Waals surface area (Å²) >= 11 is 0. The van der Waals surface area contributed by atoms with Crippen molar-refractivity contribution in [3.63, 3.8) is 0 Å². The summed E-state index contributed by atoms with van der Waals surface area (Å²) in [6.07, 6.45) is 15.1. The Morgan fingerprint density at radius 1 is 0.537 bits per heavy atom. The summed E-state index contributed by atoms with van der Waals surface area (Å²) in [5, 5.41) is 11.1. The van der Waals surface area contributed by atoms with Crippen LogP contribution in [-0.2, 0) is 6.42 Å². The van der Waals surface area contributed by atoms with Gasteiger partial charge in [-0.15, -0.1) is 0 Å². The maximum atomic E-state index is 6.88. The third-order valence-electron chi connectivity index (χ3n) is 12.0. The van der Waals surface area contributed by atoms with E-state index in [4.69, 9.17) is 9.15 Å². The molecule has 12 rings (SSSR count). The lowest BCUT2D eigenvalue weighted by Gasteiger charge is -2.20. The van der Waals surface area contributed by atoms with Crippen LogP contribution in [0.1, 0.15) is 29.2 Å². The fraction of sp³-hybridized carbons (Fsp3) is 0.0769. The highest BCUT2D eigenvalue weighted by Gasteiger charge is 2.37. The minimum absolute atomic E-state index is 0.00856. The molecule has 2 aliphatic carbocycles. The lowest BCUT2D eigenvalue weighted by molar-refractivity contribution is 0.271. The molecule has 0 radical (unpaired) electrons. The van der Waals surface area contributed by atoms with Gasteiger partial charge in [0.15, 0.2) is 0 Å². The van der Waals surface area contributed by atoms with Gasteiger partial charge in [-0.3, -0.25) is 0 Å². The molecular formula is C52H34O2. The molecule has 1 aromatic heterocycles. The van der Waals surface area contributed by atoms with Gasteiger partial charge in [0.05, 0.1) is 5.39 Å². The smallest absolute Gasteiger partial charge is 0.146 e. The van der Waals surface area contributed by atoms with Crippen LogP contribution in [0.3, 0.4) is 0 Å². The van der Waals surface area contributed by atoms with E-state index in [0.717, 1.165) is 46.4 Å². The monoisotopic (exact) mass is 690 g/mol. The summed E-state index contributed by atoms with van der Waals surface area (Å²) in [7, 11) is 0. The van der Waals surface area contributed by atoms with Gasteiger partial charge >= 0.3 is 0 Å². The highest BCUT2D eigenvalue weighted by Crippen LogP contribution is 2.53. The van der Waals surface area contributed by atoms with Gasteiger partial charge in [-0.2, -0.15) is 0 Å². The largest absolute Gasteiger partial charge is 0.484 e. The van der Waals surface area contributed by atoms with Crippen LogP contribution in [0.25, 0.3) is 93.5 Å². The third kappa shape index (κ3) is 4.22. The van der Waals surface area contributed by atoms with Crippen molar-refractivity contribution in [3.8, 4) is 39.1 Å².